The van der Waals surface area contributed by atoms with E-state index in [4.69, 9.17) is 0 Å². The predicted octanol–water partition coefficient (Wildman–Crippen LogP) is 5.67. The summed E-state index contributed by atoms with van der Waals surface area (Å²) in [6.45, 7) is 5.57. The summed E-state index contributed by atoms with van der Waals surface area (Å²) in [6.07, 6.45) is 17.7. The van der Waals surface area contributed by atoms with Gasteiger partial charge in [-0.2, -0.15) is 0 Å². The van der Waals surface area contributed by atoms with Gasteiger partial charge in [-0.25, -0.2) is 0 Å². The number of unbranched alkanes of at least 4 members (excludes halogenated alkanes) is 4. The zero-order valence-electron chi connectivity index (χ0n) is 34.9. The third kappa shape index (κ3) is 11.5. The Kier molecular flexibility index (Phi) is 14.9. The molecule has 1 unspecified atom stereocenters. The fourth-order valence-electron chi connectivity index (χ4n) is 9.00. The summed E-state index contributed by atoms with van der Waals surface area (Å²) in [4.78, 5) is 84.8. The van der Waals surface area contributed by atoms with Gasteiger partial charge < -0.3 is 20.0 Å². The second-order valence-corrected chi connectivity index (χ2v) is 16.7. The average Bonchev–Trinajstić information content (AvgIpc) is 3.61. The molecule has 12 heteroatoms. The molecule has 2 aromatic carbocycles. The number of hydrogen-bond donors (Lipinski definition) is 2. The monoisotopic (exact) mass is 824 g/mol. The standard InChI is InChI=1S/C49H56N6O6/c56-43-32-45(58)52-47(59)46(43)55-34-42-39(13-8-14-41(42)49(55)61)12-4-2-1-3-7-27-53-28-23-38(24-29-53)37-16-18-40(19-17-37)48(60)54-30-21-35(22-31-54)10-5-6-26-51-44(57)20-15-36-11-9-25-50-33-36/h8-9,11,13-20,25,33,35,38,46H,1-3,5-7,10,21-24,26-32,34H2,(H,51,57)(H,52,58,59)/b20-15+. The first-order chi connectivity index (χ1) is 29.7. The second kappa shape index (κ2) is 21.0. The molecule has 2 N–H and O–H groups in total. The largest absolute Gasteiger partial charge is 0.353 e. The van der Waals surface area contributed by atoms with E-state index in [0.29, 0.717) is 29.5 Å². The second-order valence-electron chi connectivity index (χ2n) is 16.7. The normalized spacial score (nSPS) is 18.9. The highest BCUT2D eigenvalue weighted by Gasteiger charge is 2.44. The van der Waals surface area contributed by atoms with E-state index in [0.717, 1.165) is 120 Å². The van der Waals surface area contributed by atoms with Crippen molar-refractivity contribution in [1.29, 1.82) is 0 Å². The minimum absolute atomic E-state index is 0.0861. The van der Waals surface area contributed by atoms with Crippen molar-refractivity contribution >= 4 is 41.4 Å². The number of aromatic nitrogens is 1. The molecule has 318 valence electrons. The summed E-state index contributed by atoms with van der Waals surface area (Å²) >= 11 is 0. The van der Waals surface area contributed by atoms with Crippen LogP contribution in [0.4, 0.5) is 0 Å². The van der Waals surface area contributed by atoms with Gasteiger partial charge in [0.2, 0.25) is 11.8 Å². The van der Waals surface area contributed by atoms with Crippen molar-refractivity contribution in [3.63, 3.8) is 0 Å². The van der Waals surface area contributed by atoms with Crippen LogP contribution in [0.1, 0.15) is 126 Å². The number of carbonyl (C=O) groups excluding carboxylic acids is 6. The highest BCUT2D eigenvalue weighted by molar-refractivity contribution is 6.22. The Balaban J connectivity index is 0.745. The molecular weight excluding hydrogens is 769 g/mol. The number of hydrogen-bond acceptors (Lipinski definition) is 8. The van der Waals surface area contributed by atoms with E-state index >= 15 is 0 Å². The molecule has 7 rings (SSSR count). The Labute approximate surface area is 358 Å². The number of ketones is 1. The van der Waals surface area contributed by atoms with Gasteiger partial charge in [-0.3, -0.25) is 39.1 Å². The van der Waals surface area contributed by atoms with E-state index in [1.807, 2.05) is 35.2 Å². The number of piperidine rings is 3. The fourth-order valence-corrected chi connectivity index (χ4v) is 9.00. The van der Waals surface area contributed by atoms with Crippen molar-refractivity contribution in [1.82, 2.24) is 30.3 Å². The van der Waals surface area contributed by atoms with Gasteiger partial charge in [-0.1, -0.05) is 55.4 Å². The number of benzene rings is 2. The molecule has 5 heterocycles. The van der Waals surface area contributed by atoms with E-state index in [9.17, 15) is 28.8 Å². The maximum Gasteiger partial charge on any atom is 0.257 e. The van der Waals surface area contributed by atoms with Gasteiger partial charge in [0.1, 0.15) is 0 Å². The van der Waals surface area contributed by atoms with E-state index < -0.39 is 36.0 Å². The van der Waals surface area contributed by atoms with Crippen molar-refractivity contribution in [3.05, 3.63) is 106 Å². The summed E-state index contributed by atoms with van der Waals surface area (Å²) in [5.74, 6) is 5.29. The molecule has 0 saturated carbocycles. The summed E-state index contributed by atoms with van der Waals surface area (Å²) in [7, 11) is 0. The van der Waals surface area contributed by atoms with Crippen LogP contribution in [0.2, 0.25) is 0 Å². The van der Waals surface area contributed by atoms with Crippen LogP contribution < -0.4 is 10.6 Å². The SMILES string of the molecule is O=C(/C=C/c1cccnc1)NCCCCC1CCN(C(=O)c2ccc(C3CCN(CCCCCC#Cc4cccc5c4CN(C4C(=O)CC(=O)NC4=O)C5=O)CC3)cc2)CC1. The molecule has 4 aliphatic heterocycles. The van der Waals surface area contributed by atoms with Crippen LogP contribution in [0, 0.1) is 17.8 Å². The molecule has 5 amide bonds. The lowest BCUT2D eigenvalue weighted by Gasteiger charge is -2.33. The zero-order valence-corrected chi connectivity index (χ0v) is 34.9. The Morgan fingerprint density at radius 3 is 2.43 bits per heavy atom. The maximum atomic E-state index is 13.4. The highest BCUT2D eigenvalue weighted by atomic mass is 16.2. The molecule has 0 aliphatic carbocycles. The lowest BCUT2D eigenvalue weighted by Crippen LogP contribution is -2.57. The number of rotatable bonds is 15. The summed E-state index contributed by atoms with van der Waals surface area (Å²) in [6, 6.07) is 16.1. The first-order valence-electron chi connectivity index (χ1n) is 22.0. The number of Topliss-reactive ketones (excluding diaryl/α,β-unsaturated/α-hetero) is 1. The smallest absolute Gasteiger partial charge is 0.257 e. The highest BCUT2D eigenvalue weighted by Crippen LogP contribution is 2.31. The minimum Gasteiger partial charge on any atom is -0.353 e. The number of fused-ring (bicyclic) bond motifs is 1. The van der Waals surface area contributed by atoms with Gasteiger partial charge in [0.15, 0.2) is 11.8 Å². The number of amides is 5. The van der Waals surface area contributed by atoms with Crippen LogP contribution >= 0.6 is 0 Å². The average molecular weight is 825 g/mol. The molecule has 0 bridgehead atoms. The van der Waals surface area contributed by atoms with Gasteiger partial charge in [-0.15, -0.1) is 0 Å². The third-order valence-corrected chi connectivity index (χ3v) is 12.5. The van der Waals surface area contributed by atoms with Crippen LogP contribution in [-0.4, -0.2) is 100 Å². The minimum atomic E-state index is -1.29. The van der Waals surface area contributed by atoms with E-state index in [-0.39, 0.29) is 18.4 Å². The van der Waals surface area contributed by atoms with Gasteiger partial charge in [0.05, 0.1) is 6.42 Å². The van der Waals surface area contributed by atoms with Gasteiger partial charge >= 0.3 is 0 Å². The van der Waals surface area contributed by atoms with Crippen LogP contribution in [0.5, 0.6) is 0 Å². The lowest BCUT2D eigenvalue weighted by molar-refractivity contribution is -0.144. The molecule has 12 nitrogen and oxygen atoms in total. The molecule has 3 saturated heterocycles. The van der Waals surface area contributed by atoms with Crippen LogP contribution in [-0.2, 0) is 25.7 Å². The molecule has 0 radical (unpaired) electrons. The molecule has 3 fully saturated rings. The lowest BCUT2D eigenvalue weighted by atomic mass is 9.88. The number of carbonyl (C=O) groups is 6. The molecule has 61 heavy (non-hydrogen) atoms. The summed E-state index contributed by atoms with van der Waals surface area (Å²) in [5.41, 5.74) is 4.88. The van der Waals surface area contributed by atoms with E-state index in [1.54, 1.807) is 36.7 Å². The number of likely N-dealkylation sites (tertiary alicyclic amines) is 2. The molecule has 1 aromatic heterocycles. The van der Waals surface area contributed by atoms with Gasteiger partial charge in [0.25, 0.3) is 17.7 Å². The van der Waals surface area contributed by atoms with Crippen LogP contribution in [0.25, 0.3) is 6.08 Å². The van der Waals surface area contributed by atoms with Gasteiger partial charge in [0, 0.05) is 67.8 Å². The van der Waals surface area contributed by atoms with E-state index in [1.165, 1.54) is 10.5 Å². The molecule has 0 spiro atoms. The number of nitrogens with one attached hydrogen (secondary N) is 2. The third-order valence-electron chi connectivity index (χ3n) is 12.5. The number of pyridine rings is 1. The zero-order chi connectivity index (χ0) is 42.6. The Bertz CT molecular complexity index is 2140. The van der Waals surface area contributed by atoms with Crippen molar-refractivity contribution in [2.45, 2.75) is 95.6 Å². The first-order valence-corrected chi connectivity index (χ1v) is 22.0. The maximum absolute atomic E-state index is 13.4. The predicted molar refractivity (Wildman–Crippen MR) is 232 cm³/mol. The topological polar surface area (TPSA) is 149 Å². The van der Waals surface area contributed by atoms with Crippen molar-refractivity contribution in [2.24, 2.45) is 5.92 Å². The van der Waals surface area contributed by atoms with Crippen molar-refractivity contribution < 1.29 is 28.8 Å². The van der Waals surface area contributed by atoms with Crippen molar-refractivity contribution in [2.75, 3.05) is 39.3 Å². The quantitative estimate of drug-likeness (QED) is 0.0656. The Morgan fingerprint density at radius 2 is 1.67 bits per heavy atom. The van der Waals surface area contributed by atoms with Crippen LogP contribution in [0.15, 0.2) is 73.1 Å². The van der Waals surface area contributed by atoms with E-state index in [2.05, 4.69) is 44.5 Å². The molecule has 3 aromatic rings. The first kappa shape index (κ1) is 43.2. The molecule has 4 aliphatic rings. The number of imide groups is 1. The summed E-state index contributed by atoms with van der Waals surface area (Å²) < 4.78 is 0. The molecule has 1 atom stereocenters. The Morgan fingerprint density at radius 1 is 0.869 bits per heavy atom. The molecular formula is C49H56N6O6. The van der Waals surface area contributed by atoms with Gasteiger partial charge in [-0.05, 0) is 130 Å². The summed E-state index contributed by atoms with van der Waals surface area (Å²) in [5, 5.41) is 5.13. The number of nitrogens with zero attached hydrogens (tertiary/aromatic N) is 4. The van der Waals surface area contributed by atoms with Crippen LogP contribution in [0.3, 0.4) is 0 Å². The van der Waals surface area contributed by atoms with Crippen molar-refractivity contribution in [3.8, 4) is 11.8 Å². The Hall–Kier alpha value is -5.93. The fraction of sp³-hybridized carbons (Fsp3) is 0.449.